The second-order valence-corrected chi connectivity index (χ2v) is 3.46. The minimum atomic E-state index is -0.705. The molecule has 1 aromatic heterocycles. The third-order valence-corrected chi connectivity index (χ3v) is 2.51. The van der Waals surface area contributed by atoms with Gasteiger partial charge in [-0.15, -0.1) is 0 Å². The number of carboxylic acids is 1. The Morgan fingerprint density at radius 3 is 3.00 bits per heavy atom. The summed E-state index contributed by atoms with van der Waals surface area (Å²) in [5.41, 5.74) is 0. The number of hydrogen-bond acceptors (Lipinski definition) is 3. The molecule has 0 saturated carbocycles. The van der Waals surface area contributed by atoms with Crippen LogP contribution in [0.5, 0.6) is 0 Å². The van der Waals surface area contributed by atoms with Crippen molar-refractivity contribution in [3.63, 3.8) is 0 Å². The van der Waals surface area contributed by atoms with E-state index in [0.29, 0.717) is 13.0 Å². The van der Waals surface area contributed by atoms with Crippen LogP contribution in [-0.4, -0.2) is 29.1 Å². The largest absolute Gasteiger partial charge is 0.481 e. The molecular formula is C10H12N2O2. The predicted octanol–water partition coefficient (Wildman–Crippen LogP) is 0.992. The van der Waals surface area contributed by atoms with Crippen LogP contribution >= 0.6 is 0 Å². The SMILES string of the molecule is O=C(O)C1CCN(c2ccccn2)C1. The predicted molar refractivity (Wildman–Crippen MR) is 52.2 cm³/mol. The van der Waals surface area contributed by atoms with Crippen LogP contribution in [0.4, 0.5) is 5.82 Å². The Kier molecular flexibility index (Phi) is 2.35. The first-order chi connectivity index (χ1) is 6.77. The van der Waals surface area contributed by atoms with E-state index in [4.69, 9.17) is 5.11 Å². The Labute approximate surface area is 82.2 Å². The molecule has 1 saturated heterocycles. The first-order valence-corrected chi connectivity index (χ1v) is 4.66. The molecule has 1 aliphatic rings. The van der Waals surface area contributed by atoms with E-state index in [0.717, 1.165) is 12.4 Å². The Morgan fingerprint density at radius 2 is 2.43 bits per heavy atom. The van der Waals surface area contributed by atoms with E-state index in [1.165, 1.54) is 0 Å². The minimum absolute atomic E-state index is 0.239. The number of hydrogen-bond donors (Lipinski definition) is 1. The van der Waals surface area contributed by atoms with Gasteiger partial charge in [0.05, 0.1) is 5.92 Å². The zero-order valence-corrected chi connectivity index (χ0v) is 7.76. The fourth-order valence-electron chi connectivity index (χ4n) is 1.71. The van der Waals surface area contributed by atoms with Gasteiger partial charge in [-0.05, 0) is 18.6 Å². The van der Waals surface area contributed by atoms with Gasteiger partial charge in [0, 0.05) is 19.3 Å². The molecule has 2 rings (SSSR count). The standard InChI is InChI=1S/C10H12N2O2/c13-10(14)8-4-6-12(7-8)9-3-1-2-5-11-9/h1-3,5,8H,4,6-7H2,(H,13,14). The number of carboxylic acid groups (broad SMARTS) is 1. The molecule has 1 N–H and O–H groups in total. The van der Waals surface area contributed by atoms with E-state index >= 15 is 0 Å². The molecule has 2 heterocycles. The Morgan fingerprint density at radius 1 is 1.57 bits per heavy atom. The molecule has 4 heteroatoms. The third kappa shape index (κ3) is 1.69. The van der Waals surface area contributed by atoms with Crippen molar-refractivity contribution in [2.24, 2.45) is 5.92 Å². The highest BCUT2D eigenvalue weighted by molar-refractivity contribution is 5.71. The zero-order valence-electron chi connectivity index (χ0n) is 7.76. The van der Waals surface area contributed by atoms with E-state index in [1.54, 1.807) is 6.20 Å². The summed E-state index contributed by atoms with van der Waals surface area (Å²) in [4.78, 5) is 16.9. The molecule has 1 unspecified atom stereocenters. The number of aliphatic carboxylic acids is 1. The highest BCUT2D eigenvalue weighted by Gasteiger charge is 2.28. The van der Waals surface area contributed by atoms with Crippen LogP contribution in [-0.2, 0) is 4.79 Å². The lowest BCUT2D eigenvalue weighted by molar-refractivity contribution is -0.140. The van der Waals surface area contributed by atoms with Gasteiger partial charge in [0.25, 0.3) is 0 Å². The summed E-state index contributed by atoms with van der Waals surface area (Å²) >= 11 is 0. The van der Waals surface area contributed by atoms with Gasteiger partial charge in [-0.3, -0.25) is 4.79 Å². The number of rotatable bonds is 2. The van der Waals surface area contributed by atoms with Crippen LogP contribution in [0.3, 0.4) is 0 Å². The maximum atomic E-state index is 10.7. The zero-order chi connectivity index (χ0) is 9.97. The van der Waals surface area contributed by atoms with Crippen molar-refractivity contribution in [2.75, 3.05) is 18.0 Å². The van der Waals surface area contributed by atoms with Crippen molar-refractivity contribution in [1.29, 1.82) is 0 Å². The fraction of sp³-hybridized carbons (Fsp3) is 0.400. The van der Waals surface area contributed by atoms with E-state index in [-0.39, 0.29) is 5.92 Å². The second-order valence-electron chi connectivity index (χ2n) is 3.46. The van der Waals surface area contributed by atoms with Gasteiger partial charge in [-0.25, -0.2) is 4.98 Å². The lowest BCUT2D eigenvalue weighted by atomic mass is 10.1. The second kappa shape index (κ2) is 3.65. The molecule has 14 heavy (non-hydrogen) atoms. The Hall–Kier alpha value is -1.58. The molecule has 0 aromatic carbocycles. The van der Waals surface area contributed by atoms with Gasteiger partial charge in [0.2, 0.25) is 0 Å². The van der Waals surface area contributed by atoms with Crippen LogP contribution in [0.25, 0.3) is 0 Å². The van der Waals surface area contributed by atoms with E-state index in [2.05, 4.69) is 4.98 Å². The number of carbonyl (C=O) groups is 1. The highest BCUT2D eigenvalue weighted by Crippen LogP contribution is 2.21. The van der Waals surface area contributed by atoms with E-state index < -0.39 is 5.97 Å². The van der Waals surface area contributed by atoms with Gasteiger partial charge in [-0.1, -0.05) is 6.07 Å². The molecule has 0 radical (unpaired) electrons. The number of nitrogens with zero attached hydrogens (tertiary/aromatic N) is 2. The first-order valence-electron chi connectivity index (χ1n) is 4.66. The van der Waals surface area contributed by atoms with Crippen molar-refractivity contribution in [3.05, 3.63) is 24.4 Å². The number of aromatic nitrogens is 1. The maximum absolute atomic E-state index is 10.7. The molecule has 74 valence electrons. The quantitative estimate of drug-likeness (QED) is 0.759. The van der Waals surface area contributed by atoms with Crippen molar-refractivity contribution in [2.45, 2.75) is 6.42 Å². The molecule has 1 fully saturated rings. The molecule has 0 spiro atoms. The van der Waals surface area contributed by atoms with E-state index in [9.17, 15) is 4.79 Å². The topological polar surface area (TPSA) is 53.4 Å². The smallest absolute Gasteiger partial charge is 0.308 e. The lowest BCUT2D eigenvalue weighted by Gasteiger charge is -2.15. The molecule has 1 atom stereocenters. The van der Waals surface area contributed by atoms with E-state index in [1.807, 2.05) is 23.1 Å². The summed E-state index contributed by atoms with van der Waals surface area (Å²) in [6.45, 7) is 1.36. The molecule has 4 nitrogen and oxygen atoms in total. The molecule has 1 aliphatic heterocycles. The van der Waals surface area contributed by atoms with Gasteiger partial charge in [0.1, 0.15) is 5.82 Å². The van der Waals surface area contributed by atoms with Crippen LogP contribution in [0, 0.1) is 5.92 Å². The van der Waals surface area contributed by atoms with Gasteiger partial charge < -0.3 is 10.0 Å². The number of anilines is 1. The monoisotopic (exact) mass is 192 g/mol. The Balaban J connectivity index is 2.06. The van der Waals surface area contributed by atoms with Crippen molar-refractivity contribution in [3.8, 4) is 0 Å². The highest BCUT2D eigenvalue weighted by atomic mass is 16.4. The first kappa shape index (κ1) is 8.99. The molecular weight excluding hydrogens is 180 g/mol. The Bertz CT molecular complexity index is 326. The summed E-state index contributed by atoms with van der Waals surface area (Å²) < 4.78 is 0. The maximum Gasteiger partial charge on any atom is 0.308 e. The summed E-state index contributed by atoms with van der Waals surface area (Å²) in [7, 11) is 0. The molecule has 0 amide bonds. The molecule has 0 aliphatic carbocycles. The fourth-order valence-corrected chi connectivity index (χ4v) is 1.71. The van der Waals surface area contributed by atoms with Gasteiger partial charge in [-0.2, -0.15) is 0 Å². The number of pyridine rings is 1. The van der Waals surface area contributed by atoms with Crippen molar-refractivity contribution < 1.29 is 9.90 Å². The van der Waals surface area contributed by atoms with Crippen LogP contribution in [0.1, 0.15) is 6.42 Å². The van der Waals surface area contributed by atoms with Gasteiger partial charge in [0.15, 0.2) is 0 Å². The van der Waals surface area contributed by atoms with Crippen LogP contribution in [0.2, 0.25) is 0 Å². The van der Waals surface area contributed by atoms with Crippen molar-refractivity contribution >= 4 is 11.8 Å². The van der Waals surface area contributed by atoms with Crippen LogP contribution < -0.4 is 4.90 Å². The van der Waals surface area contributed by atoms with Crippen molar-refractivity contribution in [1.82, 2.24) is 4.98 Å². The molecule has 0 bridgehead atoms. The summed E-state index contributed by atoms with van der Waals surface area (Å²) in [5, 5.41) is 8.83. The average molecular weight is 192 g/mol. The summed E-state index contributed by atoms with van der Waals surface area (Å²) in [6.07, 6.45) is 2.44. The normalized spacial score (nSPS) is 21.1. The van der Waals surface area contributed by atoms with Gasteiger partial charge >= 0.3 is 5.97 Å². The molecule has 1 aromatic rings. The van der Waals surface area contributed by atoms with Crippen LogP contribution in [0.15, 0.2) is 24.4 Å². The summed E-state index contributed by atoms with van der Waals surface area (Å²) in [6, 6.07) is 5.68. The minimum Gasteiger partial charge on any atom is -0.481 e. The third-order valence-electron chi connectivity index (χ3n) is 2.51. The lowest BCUT2D eigenvalue weighted by Crippen LogP contribution is -2.23. The summed E-state index contributed by atoms with van der Waals surface area (Å²) in [5.74, 6) is -0.0725. The average Bonchev–Trinajstić information content (AvgIpc) is 2.68.